The van der Waals surface area contributed by atoms with Crippen molar-refractivity contribution in [2.75, 3.05) is 26.4 Å². The summed E-state index contributed by atoms with van der Waals surface area (Å²) in [7, 11) is 0. The Morgan fingerprint density at radius 1 is 0.735 bits per heavy atom. The van der Waals surface area contributed by atoms with E-state index in [2.05, 4.69) is 21.9 Å². The summed E-state index contributed by atoms with van der Waals surface area (Å²) >= 11 is 0. The molecule has 270 valence electrons. The van der Waals surface area contributed by atoms with Crippen molar-refractivity contribution in [1.82, 2.24) is 10.6 Å². The van der Waals surface area contributed by atoms with Gasteiger partial charge < -0.3 is 39.1 Å². The quantitative estimate of drug-likeness (QED) is 0.0762. The standard InChI is InChI=1S/C35H48N2O12/c1-4-31(39)45-17-18-46-32(40)29-7-5-6-8-30(29)33(41)47-21-24(3)49-35(43)37-28-15-11-26(12-16-28)19-25-9-13-27(14-10-25)36-34(42)48-23(2)20-44-22-38/h4-8,22-28H,1,9-21H2,2-3H3,(H,36,42)(H,37,43). The first kappa shape index (κ1) is 38.8. The molecule has 0 heterocycles. The second-order valence-corrected chi connectivity index (χ2v) is 12.5. The van der Waals surface area contributed by atoms with E-state index in [-0.39, 0.29) is 49.6 Å². The van der Waals surface area contributed by atoms with Crippen LogP contribution in [0.25, 0.3) is 0 Å². The molecule has 0 radical (unpaired) electrons. The lowest BCUT2D eigenvalue weighted by Gasteiger charge is -2.34. The van der Waals surface area contributed by atoms with Gasteiger partial charge in [-0.3, -0.25) is 4.79 Å². The number of carbonyl (C=O) groups excluding carboxylic acids is 6. The van der Waals surface area contributed by atoms with Gasteiger partial charge in [-0.05, 0) is 95.6 Å². The number of ether oxygens (including phenoxy) is 6. The molecule has 0 spiro atoms. The molecule has 0 saturated heterocycles. The van der Waals surface area contributed by atoms with Crippen LogP contribution in [0.2, 0.25) is 0 Å². The minimum atomic E-state index is -0.782. The van der Waals surface area contributed by atoms with Crippen molar-refractivity contribution in [3.63, 3.8) is 0 Å². The summed E-state index contributed by atoms with van der Waals surface area (Å²) in [5.41, 5.74) is -0.0242. The van der Waals surface area contributed by atoms with Crippen molar-refractivity contribution in [1.29, 1.82) is 0 Å². The van der Waals surface area contributed by atoms with E-state index in [9.17, 15) is 28.8 Å². The van der Waals surface area contributed by atoms with Crippen LogP contribution in [-0.4, -0.2) is 87.3 Å². The fourth-order valence-electron chi connectivity index (χ4n) is 6.09. The summed E-state index contributed by atoms with van der Waals surface area (Å²) in [6.45, 7) is 6.32. The zero-order valence-corrected chi connectivity index (χ0v) is 28.2. The maximum Gasteiger partial charge on any atom is 0.407 e. The Balaban J connectivity index is 1.30. The molecule has 2 N–H and O–H groups in total. The molecule has 0 aromatic heterocycles. The smallest absolute Gasteiger partial charge is 0.407 e. The Labute approximate surface area is 286 Å². The van der Waals surface area contributed by atoms with Crippen molar-refractivity contribution < 1.29 is 57.2 Å². The summed E-state index contributed by atoms with van der Waals surface area (Å²) in [6.07, 6.45) is 7.37. The number of hydrogen-bond acceptors (Lipinski definition) is 12. The van der Waals surface area contributed by atoms with E-state index in [4.69, 9.17) is 23.7 Å². The van der Waals surface area contributed by atoms with Gasteiger partial charge in [0.05, 0.1) is 11.1 Å². The average molecular weight is 689 g/mol. The Morgan fingerprint density at radius 2 is 1.20 bits per heavy atom. The molecule has 3 rings (SSSR count). The molecule has 14 nitrogen and oxygen atoms in total. The predicted molar refractivity (Wildman–Crippen MR) is 174 cm³/mol. The van der Waals surface area contributed by atoms with Crippen molar-refractivity contribution in [3.8, 4) is 0 Å². The van der Waals surface area contributed by atoms with Gasteiger partial charge in [-0.2, -0.15) is 0 Å². The van der Waals surface area contributed by atoms with E-state index in [0.717, 1.165) is 63.9 Å². The van der Waals surface area contributed by atoms with E-state index in [0.29, 0.717) is 18.3 Å². The molecule has 14 heteroatoms. The van der Waals surface area contributed by atoms with Crippen LogP contribution in [0.5, 0.6) is 0 Å². The molecule has 0 aliphatic heterocycles. The third-order valence-corrected chi connectivity index (χ3v) is 8.56. The second kappa shape index (κ2) is 20.7. The monoisotopic (exact) mass is 688 g/mol. The Hall–Kier alpha value is -4.62. The molecule has 2 unspecified atom stereocenters. The second-order valence-electron chi connectivity index (χ2n) is 12.5. The molecule has 2 amide bonds. The topological polar surface area (TPSA) is 182 Å². The maximum absolute atomic E-state index is 12.7. The lowest BCUT2D eigenvalue weighted by molar-refractivity contribution is -0.138. The molecule has 2 saturated carbocycles. The Bertz CT molecular complexity index is 1270. The number of hydrogen-bond donors (Lipinski definition) is 2. The summed E-state index contributed by atoms with van der Waals surface area (Å²) in [5, 5.41) is 5.84. The molecule has 1 aromatic rings. The van der Waals surface area contributed by atoms with Gasteiger partial charge in [-0.25, -0.2) is 24.0 Å². The fourth-order valence-corrected chi connectivity index (χ4v) is 6.09. The molecular formula is C35H48N2O12. The molecule has 1 aromatic carbocycles. The maximum atomic E-state index is 12.7. The van der Waals surface area contributed by atoms with E-state index < -0.39 is 42.3 Å². The number of nitrogens with one attached hydrogen (secondary N) is 2. The first-order valence-electron chi connectivity index (χ1n) is 16.8. The molecule has 2 aliphatic carbocycles. The van der Waals surface area contributed by atoms with Crippen LogP contribution < -0.4 is 10.6 Å². The van der Waals surface area contributed by atoms with E-state index in [1.165, 1.54) is 12.1 Å². The number of carbonyl (C=O) groups is 6. The lowest BCUT2D eigenvalue weighted by atomic mass is 9.76. The Morgan fingerprint density at radius 3 is 1.69 bits per heavy atom. The van der Waals surface area contributed by atoms with Crippen LogP contribution in [0, 0.1) is 11.8 Å². The fraction of sp³-hybridized carbons (Fsp3) is 0.600. The molecule has 0 bridgehead atoms. The van der Waals surface area contributed by atoms with Crippen molar-refractivity contribution in [2.24, 2.45) is 11.8 Å². The predicted octanol–water partition coefficient (Wildman–Crippen LogP) is 4.64. The van der Waals surface area contributed by atoms with Crippen LogP contribution in [0.1, 0.15) is 92.4 Å². The number of esters is 3. The highest BCUT2D eigenvalue weighted by molar-refractivity contribution is 6.03. The van der Waals surface area contributed by atoms with Gasteiger partial charge in [0.15, 0.2) is 0 Å². The first-order valence-corrected chi connectivity index (χ1v) is 16.8. The van der Waals surface area contributed by atoms with Gasteiger partial charge in [0.25, 0.3) is 6.47 Å². The normalized spacial score (nSPS) is 21.4. The van der Waals surface area contributed by atoms with Crippen LogP contribution in [-0.2, 0) is 38.0 Å². The van der Waals surface area contributed by atoms with Gasteiger partial charge in [-0.15, -0.1) is 0 Å². The van der Waals surface area contributed by atoms with Crippen LogP contribution in [0.4, 0.5) is 9.59 Å². The van der Waals surface area contributed by atoms with Crippen LogP contribution in [0.15, 0.2) is 36.9 Å². The third kappa shape index (κ3) is 14.2. The summed E-state index contributed by atoms with van der Waals surface area (Å²) in [4.78, 5) is 71.2. The van der Waals surface area contributed by atoms with E-state index in [1.54, 1.807) is 26.0 Å². The summed E-state index contributed by atoms with van der Waals surface area (Å²) in [6, 6.07) is 6.06. The molecule has 2 aliphatic rings. The highest BCUT2D eigenvalue weighted by atomic mass is 16.6. The number of alkyl carbamates (subject to hydrolysis) is 2. The number of benzene rings is 1. The van der Waals surface area contributed by atoms with Crippen LogP contribution >= 0.6 is 0 Å². The SMILES string of the molecule is C=CC(=O)OCCOC(=O)c1ccccc1C(=O)OCC(C)OC(=O)NC1CCC(CC2CCC(NC(=O)OC(C)COC=O)CC2)CC1. The van der Waals surface area contributed by atoms with E-state index >= 15 is 0 Å². The molecule has 49 heavy (non-hydrogen) atoms. The van der Waals surface area contributed by atoms with Gasteiger partial charge >= 0.3 is 30.1 Å². The average Bonchev–Trinajstić information content (AvgIpc) is 3.09. The number of amides is 2. The zero-order valence-electron chi connectivity index (χ0n) is 28.2. The van der Waals surface area contributed by atoms with Gasteiger partial charge in [-0.1, -0.05) is 18.7 Å². The largest absolute Gasteiger partial charge is 0.464 e. The highest BCUT2D eigenvalue weighted by Crippen LogP contribution is 2.35. The van der Waals surface area contributed by atoms with Gasteiger partial charge in [0.2, 0.25) is 0 Å². The van der Waals surface area contributed by atoms with Gasteiger partial charge in [0.1, 0.15) is 38.6 Å². The number of rotatable bonds is 17. The Kier molecular flexibility index (Phi) is 16.4. The molecule has 2 fully saturated rings. The molecular weight excluding hydrogens is 640 g/mol. The minimum Gasteiger partial charge on any atom is -0.464 e. The first-order chi connectivity index (χ1) is 23.6. The lowest BCUT2D eigenvalue weighted by Crippen LogP contribution is -2.41. The highest BCUT2D eigenvalue weighted by Gasteiger charge is 2.29. The summed E-state index contributed by atoms with van der Waals surface area (Å²) < 4.78 is 30.4. The van der Waals surface area contributed by atoms with Gasteiger partial charge in [0, 0.05) is 18.2 Å². The zero-order chi connectivity index (χ0) is 35.6. The third-order valence-electron chi connectivity index (χ3n) is 8.56. The molecule has 2 atom stereocenters. The van der Waals surface area contributed by atoms with Crippen molar-refractivity contribution in [3.05, 3.63) is 48.0 Å². The van der Waals surface area contributed by atoms with Crippen molar-refractivity contribution in [2.45, 2.75) is 95.9 Å². The van der Waals surface area contributed by atoms with E-state index in [1.807, 2.05) is 0 Å². The van der Waals surface area contributed by atoms with Crippen LogP contribution in [0.3, 0.4) is 0 Å². The van der Waals surface area contributed by atoms with Crippen molar-refractivity contribution >= 4 is 36.6 Å². The summed E-state index contributed by atoms with van der Waals surface area (Å²) in [5.74, 6) is -1.02. The minimum absolute atomic E-state index is 0.00181.